The SMILES string of the molecule is CCN=C(N)N(C)CC(C)CC. The minimum Gasteiger partial charge on any atom is -0.370 e. The van der Waals surface area contributed by atoms with Crippen LogP contribution in [0, 0.1) is 5.92 Å². The number of guanidine groups is 1. The van der Waals surface area contributed by atoms with Crippen LogP contribution in [0.3, 0.4) is 0 Å². The molecular formula is C9H21N3. The Bertz CT molecular complexity index is 143. The molecule has 0 aliphatic heterocycles. The summed E-state index contributed by atoms with van der Waals surface area (Å²) < 4.78 is 0. The van der Waals surface area contributed by atoms with Gasteiger partial charge in [0.05, 0.1) is 0 Å². The fourth-order valence-electron chi connectivity index (χ4n) is 0.973. The molecule has 3 nitrogen and oxygen atoms in total. The molecule has 2 N–H and O–H groups in total. The molecule has 0 radical (unpaired) electrons. The van der Waals surface area contributed by atoms with Gasteiger partial charge >= 0.3 is 0 Å². The average Bonchev–Trinajstić information content (AvgIpc) is 2.04. The van der Waals surface area contributed by atoms with Crippen LogP contribution in [0.1, 0.15) is 27.2 Å². The Hall–Kier alpha value is -0.730. The number of nitrogens with zero attached hydrogens (tertiary/aromatic N) is 2. The molecule has 0 spiro atoms. The molecule has 0 aromatic rings. The summed E-state index contributed by atoms with van der Waals surface area (Å²) in [5.74, 6) is 1.33. The lowest BCUT2D eigenvalue weighted by Gasteiger charge is -2.21. The van der Waals surface area contributed by atoms with Gasteiger partial charge in [0, 0.05) is 20.1 Å². The monoisotopic (exact) mass is 171 g/mol. The summed E-state index contributed by atoms with van der Waals surface area (Å²) >= 11 is 0. The summed E-state index contributed by atoms with van der Waals surface area (Å²) in [7, 11) is 1.99. The lowest BCUT2D eigenvalue weighted by atomic mass is 10.1. The Kier molecular flexibility index (Phi) is 5.51. The zero-order chi connectivity index (χ0) is 9.56. The van der Waals surface area contributed by atoms with Crippen LogP contribution in [0.25, 0.3) is 0 Å². The van der Waals surface area contributed by atoms with Crippen LogP contribution in [-0.2, 0) is 0 Å². The van der Waals surface area contributed by atoms with E-state index in [4.69, 9.17) is 5.73 Å². The average molecular weight is 171 g/mol. The molecule has 0 saturated carbocycles. The van der Waals surface area contributed by atoms with Crippen molar-refractivity contribution in [3.8, 4) is 0 Å². The van der Waals surface area contributed by atoms with E-state index in [2.05, 4.69) is 18.8 Å². The second kappa shape index (κ2) is 5.86. The lowest BCUT2D eigenvalue weighted by Crippen LogP contribution is -2.36. The highest BCUT2D eigenvalue weighted by atomic mass is 15.2. The van der Waals surface area contributed by atoms with Crippen LogP contribution in [0.5, 0.6) is 0 Å². The number of aliphatic imine (C=N–C) groups is 1. The fourth-order valence-corrected chi connectivity index (χ4v) is 0.973. The maximum Gasteiger partial charge on any atom is 0.190 e. The van der Waals surface area contributed by atoms with Crippen molar-refractivity contribution in [2.45, 2.75) is 27.2 Å². The Morgan fingerprint density at radius 2 is 2.08 bits per heavy atom. The van der Waals surface area contributed by atoms with Crippen LogP contribution in [0.2, 0.25) is 0 Å². The van der Waals surface area contributed by atoms with Gasteiger partial charge in [-0.1, -0.05) is 20.3 Å². The maximum atomic E-state index is 5.71. The first-order chi connectivity index (χ1) is 5.61. The highest BCUT2D eigenvalue weighted by Gasteiger charge is 2.05. The molecule has 0 bridgehead atoms. The normalized spacial score (nSPS) is 14.5. The van der Waals surface area contributed by atoms with E-state index in [1.807, 2.05) is 18.9 Å². The molecule has 0 aromatic carbocycles. The van der Waals surface area contributed by atoms with Crippen molar-refractivity contribution in [2.24, 2.45) is 16.6 Å². The number of hydrogen-bond acceptors (Lipinski definition) is 1. The summed E-state index contributed by atoms with van der Waals surface area (Å²) in [5, 5.41) is 0. The Morgan fingerprint density at radius 3 is 2.50 bits per heavy atom. The summed E-state index contributed by atoms with van der Waals surface area (Å²) in [6.45, 7) is 8.15. The topological polar surface area (TPSA) is 41.6 Å². The minimum absolute atomic E-state index is 0.651. The molecule has 3 heteroatoms. The standard InChI is InChI=1S/C9H21N3/c1-5-8(3)7-12(4)9(10)11-6-2/h8H,5-7H2,1-4H3,(H2,10,11). The minimum atomic E-state index is 0.651. The summed E-state index contributed by atoms with van der Waals surface area (Å²) in [5.41, 5.74) is 5.71. The van der Waals surface area contributed by atoms with E-state index in [0.717, 1.165) is 13.1 Å². The van der Waals surface area contributed by atoms with Crippen molar-refractivity contribution < 1.29 is 0 Å². The zero-order valence-electron chi connectivity index (χ0n) is 8.67. The van der Waals surface area contributed by atoms with Crippen LogP contribution in [0.4, 0.5) is 0 Å². The van der Waals surface area contributed by atoms with Gasteiger partial charge in [0.25, 0.3) is 0 Å². The molecule has 1 atom stereocenters. The Balaban J connectivity index is 3.86. The maximum absolute atomic E-state index is 5.71. The van der Waals surface area contributed by atoms with Crippen molar-refractivity contribution in [3.63, 3.8) is 0 Å². The summed E-state index contributed by atoms with van der Waals surface area (Å²) in [6.07, 6.45) is 1.18. The second-order valence-corrected chi connectivity index (χ2v) is 3.23. The first-order valence-electron chi connectivity index (χ1n) is 4.62. The van der Waals surface area contributed by atoms with Gasteiger partial charge in [-0.15, -0.1) is 0 Å². The van der Waals surface area contributed by atoms with Crippen LogP contribution < -0.4 is 5.73 Å². The third-order valence-electron chi connectivity index (χ3n) is 1.99. The van der Waals surface area contributed by atoms with Gasteiger partial charge in [-0.2, -0.15) is 0 Å². The van der Waals surface area contributed by atoms with E-state index in [9.17, 15) is 0 Å². The van der Waals surface area contributed by atoms with Gasteiger partial charge < -0.3 is 10.6 Å². The molecule has 0 aliphatic rings. The molecular weight excluding hydrogens is 150 g/mol. The van der Waals surface area contributed by atoms with Crippen molar-refractivity contribution in [1.82, 2.24) is 4.90 Å². The van der Waals surface area contributed by atoms with Gasteiger partial charge in [0.2, 0.25) is 0 Å². The van der Waals surface area contributed by atoms with Crippen molar-refractivity contribution in [1.29, 1.82) is 0 Å². The van der Waals surface area contributed by atoms with Crippen molar-refractivity contribution in [2.75, 3.05) is 20.1 Å². The molecule has 12 heavy (non-hydrogen) atoms. The predicted octanol–water partition coefficient (Wildman–Crippen LogP) is 1.30. The van der Waals surface area contributed by atoms with E-state index < -0.39 is 0 Å². The first kappa shape index (κ1) is 11.3. The smallest absolute Gasteiger partial charge is 0.190 e. The molecule has 1 unspecified atom stereocenters. The fraction of sp³-hybridized carbons (Fsp3) is 0.889. The summed E-state index contributed by atoms with van der Waals surface area (Å²) in [4.78, 5) is 6.14. The van der Waals surface area contributed by atoms with Gasteiger partial charge in [-0.05, 0) is 12.8 Å². The Morgan fingerprint density at radius 1 is 1.50 bits per heavy atom. The van der Waals surface area contributed by atoms with Crippen LogP contribution in [0.15, 0.2) is 4.99 Å². The van der Waals surface area contributed by atoms with E-state index >= 15 is 0 Å². The third-order valence-corrected chi connectivity index (χ3v) is 1.99. The molecule has 0 aromatic heterocycles. The highest BCUT2D eigenvalue weighted by Crippen LogP contribution is 2.01. The molecule has 0 fully saturated rings. The molecule has 72 valence electrons. The quantitative estimate of drug-likeness (QED) is 0.511. The van der Waals surface area contributed by atoms with Crippen molar-refractivity contribution in [3.05, 3.63) is 0 Å². The van der Waals surface area contributed by atoms with Crippen LogP contribution in [-0.4, -0.2) is 31.0 Å². The highest BCUT2D eigenvalue weighted by molar-refractivity contribution is 5.77. The zero-order valence-corrected chi connectivity index (χ0v) is 8.67. The number of rotatable bonds is 4. The van der Waals surface area contributed by atoms with Gasteiger partial charge in [0.15, 0.2) is 5.96 Å². The predicted molar refractivity (Wildman–Crippen MR) is 54.2 cm³/mol. The first-order valence-corrected chi connectivity index (χ1v) is 4.62. The van der Waals surface area contributed by atoms with E-state index in [1.165, 1.54) is 6.42 Å². The van der Waals surface area contributed by atoms with E-state index in [0.29, 0.717) is 11.9 Å². The van der Waals surface area contributed by atoms with E-state index in [-0.39, 0.29) is 0 Å². The third kappa shape index (κ3) is 4.21. The lowest BCUT2D eigenvalue weighted by molar-refractivity contribution is 0.392. The largest absolute Gasteiger partial charge is 0.370 e. The number of hydrogen-bond donors (Lipinski definition) is 1. The van der Waals surface area contributed by atoms with Crippen molar-refractivity contribution >= 4 is 5.96 Å². The van der Waals surface area contributed by atoms with Gasteiger partial charge in [-0.25, -0.2) is 0 Å². The van der Waals surface area contributed by atoms with E-state index in [1.54, 1.807) is 0 Å². The second-order valence-electron chi connectivity index (χ2n) is 3.23. The molecule has 0 aliphatic carbocycles. The molecule has 0 rings (SSSR count). The molecule has 0 saturated heterocycles. The van der Waals surface area contributed by atoms with Gasteiger partial charge in [-0.3, -0.25) is 4.99 Å². The summed E-state index contributed by atoms with van der Waals surface area (Å²) in [6, 6.07) is 0. The van der Waals surface area contributed by atoms with Gasteiger partial charge in [0.1, 0.15) is 0 Å². The molecule has 0 amide bonds. The number of nitrogens with two attached hydrogens (primary N) is 1. The molecule has 0 heterocycles. The Labute approximate surface area is 75.7 Å². The van der Waals surface area contributed by atoms with Crippen LogP contribution >= 0.6 is 0 Å².